The van der Waals surface area contributed by atoms with Crippen molar-refractivity contribution in [3.63, 3.8) is 0 Å². The summed E-state index contributed by atoms with van der Waals surface area (Å²) < 4.78 is 13.6. The molecule has 0 bridgehead atoms. The van der Waals surface area contributed by atoms with Crippen LogP contribution in [-0.2, 0) is 13.0 Å². The van der Waals surface area contributed by atoms with E-state index in [-0.39, 0.29) is 17.7 Å². The van der Waals surface area contributed by atoms with E-state index < -0.39 is 5.97 Å². The summed E-state index contributed by atoms with van der Waals surface area (Å²) in [4.78, 5) is 29.0. The fraction of sp³-hybridized carbons (Fsp3) is 0.185. The van der Waals surface area contributed by atoms with E-state index in [9.17, 15) is 9.59 Å². The van der Waals surface area contributed by atoms with Gasteiger partial charge in [-0.25, -0.2) is 9.78 Å². The maximum atomic E-state index is 13.3. The maximum absolute atomic E-state index is 13.3. The fourth-order valence-corrected chi connectivity index (χ4v) is 4.03. The van der Waals surface area contributed by atoms with Gasteiger partial charge < -0.3 is 14.6 Å². The minimum atomic E-state index is -0.987. The molecule has 1 N–H and O–H groups in total. The van der Waals surface area contributed by atoms with Gasteiger partial charge in [0, 0.05) is 16.5 Å². The topological polar surface area (TPSA) is 103 Å². The molecular formula is C27H24BrN3O5. The summed E-state index contributed by atoms with van der Waals surface area (Å²) in [7, 11) is 1.54. The number of fused-ring (bicyclic) bond motifs is 1. The van der Waals surface area contributed by atoms with Gasteiger partial charge >= 0.3 is 5.97 Å². The van der Waals surface area contributed by atoms with Crippen LogP contribution in [-0.4, -0.2) is 34.1 Å². The lowest BCUT2D eigenvalue weighted by Gasteiger charge is -2.14. The van der Waals surface area contributed by atoms with E-state index in [1.807, 2.05) is 25.1 Å². The zero-order valence-electron chi connectivity index (χ0n) is 19.8. The first-order chi connectivity index (χ1) is 17.4. The Morgan fingerprint density at radius 2 is 1.94 bits per heavy atom. The number of aryl methyl sites for hydroxylation is 1. The monoisotopic (exact) mass is 549 g/mol. The molecule has 1 aromatic heterocycles. The standard InChI is InChI=1S/C27H24BrN3O5/c1-3-5-24-30-22-13-12-20(28)14-21(22)26(32)31(24)29-15-19-6-4-7-23(35-2)25(19)36-16-17-8-10-18(11-9-17)27(33)34/h4,6-15H,3,5,16H2,1-2H3,(H,33,34). The minimum absolute atomic E-state index is 0.188. The molecule has 1 heterocycles. The summed E-state index contributed by atoms with van der Waals surface area (Å²) in [6.07, 6.45) is 2.95. The highest BCUT2D eigenvalue weighted by Gasteiger charge is 2.13. The molecule has 0 spiro atoms. The van der Waals surface area contributed by atoms with E-state index in [1.165, 1.54) is 16.8 Å². The second-order valence-corrected chi connectivity index (χ2v) is 8.89. The van der Waals surface area contributed by atoms with Gasteiger partial charge in [0.25, 0.3) is 5.56 Å². The Kier molecular flexibility index (Phi) is 7.80. The molecule has 4 rings (SSSR count). The second kappa shape index (κ2) is 11.2. The number of methoxy groups -OCH3 is 1. The number of aromatic carboxylic acids is 1. The van der Waals surface area contributed by atoms with E-state index in [0.29, 0.717) is 40.2 Å². The number of nitrogens with zero attached hydrogens (tertiary/aromatic N) is 3. The molecule has 0 fully saturated rings. The maximum Gasteiger partial charge on any atom is 0.335 e. The lowest BCUT2D eigenvalue weighted by Crippen LogP contribution is -2.22. The van der Waals surface area contributed by atoms with Gasteiger partial charge in [-0.15, -0.1) is 0 Å². The number of aromatic nitrogens is 2. The van der Waals surface area contributed by atoms with E-state index >= 15 is 0 Å². The lowest BCUT2D eigenvalue weighted by molar-refractivity contribution is 0.0697. The van der Waals surface area contributed by atoms with Gasteiger partial charge in [0.1, 0.15) is 12.4 Å². The van der Waals surface area contributed by atoms with Crippen LogP contribution < -0.4 is 15.0 Å². The summed E-state index contributed by atoms with van der Waals surface area (Å²) in [6.45, 7) is 2.21. The van der Waals surface area contributed by atoms with Crippen molar-refractivity contribution in [2.24, 2.45) is 5.10 Å². The first kappa shape index (κ1) is 25.1. The molecule has 8 nitrogen and oxygen atoms in total. The van der Waals surface area contributed by atoms with E-state index in [0.717, 1.165) is 16.5 Å². The van der Waals surface area contributed by atoms with Crippen LogP contribution in [0.1, 0.15) is 40.7 Å². The Labute approximate surface area is 216 Å². The Hall–Kier alpha value is -3.98. The zero-order chi connectivity index (χ0) is 25.7. The Morgan fingerprint density at radius 3 is 2.64 bits per heavy atom. The Balaban J connectivity index is 1.70. The number of carboxylic acids is 1. The van der Waals surface area contributed by atoms with Gasteiger partial charge in [-0.2, -0.15) is 9.78 Å². The van der Waals surface area contributed by atoms with E-state index in [1.54, 1.807) is 43.7 Å². The third-order valence-corrected chi connectivity index (χ3v) is 5.97. The summed E-state index contributed by atoms with van der Waals surface area (Å²) in [5.74, 6) is 0.534. The second-order valence-electron chi connectivity index (χ2n) is 7.97. The number of hydrogen-bond acceptors (Lipinski definition) is 6. The Morgan fingerprint density at radius 1 is 1.17 bits per heavy atom. The molecular weight excluding hydrogens is 526 g/mol. The number of hydrogen-bond donors (Lipinski definition) is 1. The molecule has 3 aromatic carbocycles. The molecule has 0 amide bonds. The van der Waals surface area contributed by atoms with Crippen LogP contribution in [0.25, 0.3) is 10.9 Å². The van der Waals surface area contributed by atoms with Gasteiger partial charge in [0.15, 0.2) is 11.5 Å². The minimum Gasteiger partial charge on any atom is -0.493 e. The smallest absolute Gasteiger partial charge is 0.335 e. The van der Waals surface area contributed by atoms with Crippen LogP contribution in [0.5, 0.6) is 11.5 Å². The molecule has 0 saturated heterocycles. The van der Waals surface area contributed by atoms with Crippen molar-refractivity contribution in [2.45, 2.75) is 26.4 Å². The summed E-state index contributed by atoms with van der Waals surface area (Å²) >= 11 is 3.42. The summed E-state index contributed by atoms with van der Waals surface area (Å²) in [5, 5.41) is 14.1. The van der Waals surface area contributed by atoms with Crippen molar-refractivity contribution in [3.8, 4) is 11.5 Å². The average Bonchev–Trinajstić information content (AvgIpc) is 2.88. The molecule has 9 heteroatoms. The highest BCUT2D eigenvalue weighted by atomic mass is 79.9. The number of halogens is 1. The summed E-state index contributed by atoms with van der Waals surface area (Å²) in [6, 6.07) is 17.2. The highest BCUT2D eigenvalue weighted by Crippen LogP contribution is 2.31. The SMILES string of the molecule is CCCc1nc2ccc(Br)cc2c(=O)n1N=Cc1cccc(OC)c1OCc1ccc(C(=O)O)cc1. The molecule has 184 valence electrons. The fourth-order valence-electron chi connectivity index (χ4n) is 3.67. The van der Waals surface area contributed by atoms with Crippen molar-refractivity contribution in [1.82, 2.24) is 9.66 Å². The first-order valence-electron chi connectivity index (χ1n) is 11.3. The first-order valence-corrected chi connectivity index (χ1v) is 12.1. The molecule has 0 aliphatic rings. The predicted octanol–water partition coefficient (Wildman–Crippen LogP) is 5.28. The van der Waals surface area contributed by atoms with Gasteiger partial charge in [-0.1, -0.05) is 41.1 Å². The number of carboxylic acid groups (broad SMARTS) is 1. The largest absolute Gasteiger partial charge is 0.493 e. The van der Waals surface area contributed by atoms with Crippen LogP contribution in [0.3, 0.4) is 0 Å². The lowest BCUT2D eigenvalue weighted by atomic mass is 10.1. The van der Waals surface area contributed by atoms with E-state index in [4.69, 9.17) is 14.6 Å². The van der Waals surface area contributed by atoms with Crippen molar-refractivity contribution in [2.75, 3.05) is 7.11 Å². The molecule has 0 atom stereocenters. The third kappa shape index (κ3) is 5.46. The number of rotatable bonds is 9. The molecule has 0 saturated carbocycles. The molecule has 0 unspecified atom stereocenters. The number of para-hydroxylation sites is 1. The van der Waals surface area contributed by atoms with Crippen LogP contribution >= 0.6 is 15.9 Å². The predicted molar refractivity (Wildman–Crippen MR) is 141 cm³/mol. The van der Waals surface area contributed by atoms with Crippen molar-refractivity contribution < 1.29 is 19.4 Å². The van der Waals surface area contributed by atoms with Crippen LogP contribution in [0.2, 0.25) is 0 Å². The Bertz CT molecular complexity index is 1500. The molecule has 36 heavy (non-hydrogen) atoms. The number of benzene rings is 3. The number of carbonyl (C=O) groups is 1. The van der Waals surface area contributed by atoms with Gasteiger partial charge in [-0.05, 0) is 54.4 Å². The van der Waals surface area contributed by atoms with Gasteiger partial charge in [0.2, 0.25) is 0 Å². The molecule has 0 radical (unpaired) electrons. The number of ether oxygens (including phenoxy) is 2. The van der Waals surface area contributed by atoms with Crippen molar-refractivity contribution in [3.05, 3.63) is 98.0 Å². The van der Waals surface area contributed by atoms with Crippen LogP contribution in [0.4, 0.5) is 0 Å². The van der Waals surface area contributed by atoms with Crippen molar-refractivity contribution in [1.29, 1.82) is 0 Å². The van der Waals surface area contributed by atoms with Crippen molar-refractivity contribution >= 4 is 39.0 Å². The molecule has 0 aliphatic heterocycles. The zero-order valence-corrected chi connectivity index (χ0v) is 21.4. The van der Waals surface area contributed by atoms with Gasteiger partial charge in [-0.3, -0.25) is 4.79 Å². The average molecular weight is 550 g/mol. The summed E-state index contributed by atoms with van der Waals surface area (Å²) in [5.41, 5.74) is 1.97. The van der Waals surface area contributed by atoms with Gasteiger partial charge in [0.05, 0.1) is 29.8 Å². The van der Waals surface area contributed by atoms with E-state index in [2.05, 4.69) is 26.0 Å². The third-order valence-electron chi connectivity index (χ3n) is 5.47. The molecule has 0 aliphatic carbocycles. The highest BCUT2D eigenvalue weighted by molar-refractivity contribution is 9.10. The molecule has 4 aromatic rings. The quantitative estimate of drug-likeness (QED) is 0.285. The normalized spacial score (nSPS) is 11.2. The van der Waals surface area contributed by atoms with Crippen LogP contribution in [0.15, 0.2) is 75.0 Å². The van der Waals surface area contributed by atoms with Crippen LogP contribution in [0, 0.1) is 0 Å².